The van der Waals surface area contributed by atoms with E-state index in [0.29, 0.717) is 18.0 Å². The molecule has 5 nitrogen and oxygen atoms in total. The lowest BCUT2D eigenvalue weighted by Gasteiger charge is -2.38. The molecule has 2 atom stereocenters. The summed E-state index contributed by atoms with van der Waals surface area (Å²) in [5.74, 6) is 1.93. The van der Waals surface area contributed by atoms with Crippen LogP contribution in [0.3, 0.4) is 0 Å². The van der Waals surface area contributed by atoms with Crippen molar-refractivity contribution >= 4 is 11.6 Å². The Kier molecular flexibility index (Phi) is 6.17. The van der Waals surface area contributed by atoms with Gasteiger partial charge in [0.2, 0.25) is 5.91 Å². The predicted molar refractivity (Wildman–Crippen MR) is 103 cm³/mol. The topological polar surface area (TPSA) is 51.1 Å². The van der Waals surface area contributed by atoms with Crippen LogP contribution in [0.2, 0.25) is 0 Å². The third-order valence-electron chi connectivity index (χ3n) is 5.57. The van der Waals surface area contributed by atoms with Crippen molar-refractivity contribution in [2.45, 2.75) is 51.9 Å². The third-order valence-corrected chi connectivity index (χ3v) is 5.57. The number of benzene rings is 1. The van der Waals surface area contributed by atoms with Crippen molar-refractivity contribution in [1.29, 1.82) is 0 Å². The number of hydrogen-bond acceptors (Lipinski definition) is 4. The summed E-state index contributed by atoms with van der Waals surface area (Å²) in [4.78, 5) is 12.9. The van der Waals surface area contributed by atoms with Gasteiger partial charge >= 0.3 is 0 Å². The highest BCUT2D eigenvalue weighted by atomic mass is 16.5. The molecule has 1 heterocycles. The monoisotopic (exact) mass is 358 g/mol. The number of nitrogens with zero attached hydrogens (tertiary/aromatic N) is 2. The first-order chi connectivity index (χ1) is 12.7. The van der Waals surface area contributed by atoms with Crippen LogP contribution < -0.4 is 9.47 Å². The first-order valence-corrected chi connectivity index (χ1v) is 9.81. The molecule has 0 bridgehead atoms. The first kappa shape index (κ1) is 18.7. The Labute approximate surface area is 156 Å². The van der Waals surface area contributed by atoms with Crippen LogP contribution in [0, 0.1) is 11.8 Å². The molecule has 0 N–H and O–H groups in total. The van der Waals surface area contributed by atoms with Crippen molar-refractivity contribution in [3.8, 4) is 11.5 Å². The second-order valence-corrected chi connectivity index (χ2v) is 7.22. The van der Waals surface area contributed by atoms with E-state index >= 15 is 0 Å². The van der Waals surface area contributed by atoms with Gasteiger partial charge in [-0.1, -0.05) is 32.6 Å². The van der Waals surface area contributed by atoms with Gasteiger partial charge in [-0.15, -0.1) is 0 Å². The van der Waals surface area contributed by atoms with Crippen LogP contribution in [0.1, 0.15) is 57.4 Å². The molecule has 3 rings (SSSR count). The minimum atomic E-state index is 0.0750. The zero-order valence-corrected chi connectivity index (χ0v) is 16.2. The van der Waals surface area contributed by atoms with E-state index in [1.165, 1.54) is 0 Å². The van der Waals surface area contributed by atoms with Crippen LogP contribution in [-0.2, 0) is 4.79 Å². The maximum absolute atomic E-state index is 12.9. The summed E-state index contributed by atoms with van der Waals surface area (Å²) < 4.78 is 10.8. The highest BCUT2D eigenvalue weighted by Crippen LogP contribution is 2.39. The molecule has 0 aromatic heterocycles. The summed E-state index contributed by atoms with van der Waals surface area (Å²) in [5.41, 5.74) is 2.07. The number of hydrazone groups is 1. The molecular formula is C21H30N2O3. The van der Waals surface area contributed by atoms with E-state index in [2.05, 4.69) is 6.92 Å². The number of rotatable bonds is 7. The van der Waals surface area contributed by atoms with E-state index in [-0.39, 0.29) is 17.7 Å². The molecule has 1 fully saturated rings. The molecule has 1 aromatic rings. The zero-order chi connectivity index (χ0) is 18.5. The molecule has 0 unspecified atom stereocenters. The lowest BCUT2D eigenvalue weighted by molar-refractivity contribution is -0.139. The van der Waals surface area contributed by atoms with Crippen molar-refractivity contribution in [2.24, 2.45) is 16.9 Å². The maximum atomic E-state index is 12.9. The van der Waals surface area contributed by atoms with Crippen LogP contribution in [0.4, 0.5) is 0 Å². The summed E-state index contributed by atoms with van der Waals surface area (Å²) in [5, 5.41) is 6.55. The van der Waals surface area contributed by atoms with E-state index in [1.54, 1.807) is 19.2 Å². The molecule has 1 aliphatic heterocycles. The maximum Gasteiger partial charge on any atom is 0.246 e. The van der Waals surface area contributed by atoms with E-state index in [9.17, 15) is 4.79 Å². The van der Waals surface area contributed by atoms with E-state index < -0.39 is 0 Å². The molecule has 0 spiro atoms. The van der Waals surface area contributed by atoms with Gasteiger partial charge < -0.3 is 9.47 Å². The second-order valence-electron chi connectivity index (χ2n) is 7.22. The molecule has 142 valence electrons. The van der Waals surface area contributed by atoms with Crippen LogP contribution in [0.15, 0.2) is 23.3 Å². The Balaban J connectivity index is 1.95. The number of hydrogen-bond donors (Lipinski definition) is 0. The second kappa shape index (κ2) is 8.56. The number of carbonyl (C=O) groups excluding carboxylic acids is 1. The Morgan fingerprint density at radius 3 is 2.50 bits per heavy atom. The lowest BCUT2D eigenvalue weighted by atomic mass is 9.73. The Morgan fingerprint density at radius 1 is 1.08 bits per heavy atom. The van der Waals surface area contributed by atoms with Gasteiger partial charge in [0.1, 0.15) is 0 Å². The Bertz CT molecular complexity index is 671. The minimum Gasteiger partial charge on any atom is -0.493 e. The Morgan fingerprint density at radius 2 is 1.81 bits per heavy atom. The average molecular weight is 358 g/mol. The van der Waals surface area contributed by atoms with Gasteiger partial charge in [0, 0.05) is 23.9 Å². The number of fused-ring (bicyclic) bond motifs is 1. The summed E-state index contributed by atoms with van der Waals surface area (Å²) in [6.07, 6.45) is 7.57. The van der Waals surface area contributed by atoms with Gasteiger partial charge in [-0.3, -0.25) is 4.79 Å². The smallest absolute Gasteiger partial charge is 0.246 e. The summed E-state index contributed by atoms with van der Waals surface area (Å²) >= 11 is 0. The van der Waals surface area contributed by atoms with Gasteiger partial charge in [-0.05, 0) is 37.5 Å². The largest absolute Gasteiger partial charge is 0.493 e. The normalized spacial score (nSPS) is 22.7. The summed E-state index contributed by atoms with van der Waals surface area (Å²) in [7, 11) is 3.29. The summed E-state index contributed by atoms with van der Waals surface area (Å²) in [6, 6.07) is 5.95. The number of amides is 1. The van der Waals surface area contributed by atoms with Gasteiger partial charge in [0.15, 0.2) is 11.5 Å². The molecule has 1 saturated carbocycles. The van der Waals surface area contributed by atoms with Crippen LogP contribution >= 0.6 is 0 Å². The molecule has 0 radical (unpaired) electrons. The molecule has 1 aliphatic carbocycles. The van der Waals surface area contributed by atoms with Crippen LogP contribution in [-0.4, -0.2) is 37.4 Å². The Hall–Kier alpha value is -2.04. The highest BCUT2D eigenvalue weighted by Gasteiger charge is 2.41. The fourth-order valence-corrected chi connectivity index (χ4v) is 4.14. The number of methoxy groups -OCH3 is 2. The zero-order valence-electron chi connectivity index (χ0n) is 16.2. The van der Waals surface area contributed by atoms with Crippen molar-refractivity contribution in [3.63, 3.8) is 0 Å². The van der Waals surface area contributed by atoms with Gasteiger partial charge in [0.25, 0.3) is 0 Å². The van der Waals surface area contributed by atoms with Crippen molar-refractivity contribution < 1.29 is 14.3 Å². The molecule has 5 heteroatoms. The van der Waals surface area contributed by atoms with Crippen molar-refractivity contribution in [3.05, 3.63) is 23.8 Å². The van der Waals surface area contributed by atoms with E-state index in [0.717, 1.165) is 56.2 Å². The molecule has 1 aromatic carbocycles. The van der Waals surface area contributed by atoms with Crippen LogP contribution in [0.5, 0.6) is 11.5 Å². The SMILES string of the molecule is CCCCCN1N=C(c2ccc(OC)c(OC)c2)[C@@H]2CCCC[C@@H]2C1=O. The van der Waals surface area contributed by atoms with E-state index in [1.807, 2.05) is 18.2 Å². The fourth-order valence-electron chi connectivity index (χ4n) is 4.14. The summed E-state index contributed by atoms with van der Waals surface area (Å²) in [6.45, 7) is 2.89. The van der Waals surface area contributed by atoms with Crippen LogP contribution in [0.25, 0.3) is 0 Å². The fraction of sp³-hybridized carbons (Fsp3) is 0.619. The molecule has 2 aliphatic rings. The predicted octanol–water partition coefficient (Wildman–Crippen LogP) is 4.25. The molecule has 26 heavy (non-hydrogen) atoms. The number of ether oxygens (including phenoxy) is 2. The number of carbonyl (C=O) groups is 1. The van der Waals surface area contributed by atoms with Crippen molar-refractivity contribution in [2.75, 3.05) is 20.8 Å². The molecule has 0 saturated heterocycles. The highest BCUT2D eigenvalue weighted by molar-refractivity contribution is 6.07. The average Bonchev–Trinajstić information content (AvgIpc) is 2.69. The quantitative estimate of drug-likeness (QED) is 0.685. The van der Waals surface area contributed by atoms with E-state index in [4.69, 9.17) is 14.6 Å². The molecule has 1 amide bonds. The van der Waals surface area contributed by atoms with Gasteiger partial charge in [-0.2, -0.15) is 5.10 Å². The first-order valence-electron chi connectivity index (χ1n) is 9.81. The van der Waals surface area contributed by atoms with Gasteiger partial charge in [0.05, 0.1) is 19.9 Å². The van der Waals surface area contributed by atoms with Crippen molar-refractivity contribution in [1.82, 2.24) is 5.01 Å². The number of unbranched alkanes of at least 4 members (excludes halogenated alkanes) is 2. The van der Waals surface area contributed by atoms with Gasteiger partial charge in [-0.25, -0.2) is 5.01 Å². The minimum absolute atomic E-state index is 0.0750. The third kappa shape index (κ3) is 3.71. The lowest BCUT2D eigenvalue weighted by Crippen LogP contribution is -2.46. The molecular weight excluding hydrogens is 328 g/mol. The standard InChI is InChI=1S/C21H30N2O3/c1-4-5-8-13-23-21(24)17-10-7-6-9-16(17)20(22-23)15-11-12-18(25-2)19(14-15)26-3/h11-12,14,16-17H,4-10,13H2,1-3H3/t16-,17+/m1/s1.